The van der Waals surface area contributed by atoms with Crippen molar-refractivity contribution < 1.29 is 0 Å². The van der Waals surface area contributed by atoms with Crippen LogP contribution in [0.5, 0.6) is 0 Å². The molecule has 2 rings (SSSR count). The smallest absolute Gasteiger partial charge is 0.0521 e. The van der Waals surface area contributed by atoms with E-state index in [1.165, 1.54) is 24.8 Å². The van der Waals surface area contributed by atoms with Crippen molar-refractivity contribution in [3.63, 3.8) is 0 Å². The molecule has 0 amide bonds. The van der Waals surface area contributed by atoms with Crippen LogP contribution in [-0.4, -0.2) is 15.3 Å². The van der Waals surface area contributed by atoms with Crippen LogP contribution < -0.4 is 5.73 Å². The van der Waals surface area contributed by atoms with Crippen molar-refractivity contribution >= 4 is 0 Å². The Labute approximate surface area is 104 Å². The van der Waals surface area contributed by atoms with Crippen molar-refractivity contribution in [2.45, 2.75) is 51.5 Å². The molecule has 1 aliphatic rings. The number of nitrogens with zero attached hydrogens (tertiary/aromatic N) is 2. The Balaban J connectivity index is 1.96. The Morgan fingerprint density at radius 3 is 2.88 bits per heavy atom. The van der Waals surface area contributed by atoms with Gasteiger partial charge in [-0.2, -0.15) is 5.10 Å². The summed E-state index contributed by atoms with van der Waals surface area (Å²) in [6, 6.07) is 0. The fourth-order valence-corrected chi connectivity index (χ4v) is 3.10. The molecule has 1 fully saturated rings. The lowest BCUT2D eigenvalue weighted by Gasteiger charge is -2.42. The van der Waals surface area contributed by atoms with Gasteiger partial charge in [0.25, 0.3) is 0 Å². The molecule has 1 saturated carbocycles. The Hall–Kier alpha value is -0.830. The molecular formula is C14H25N3. The fourth-order valence-electron chi connectivity index (χ4n) is 3.10. The molecule has 96 valence electrons. The first-order chi connectivity index (χ1) is 7.99. The van der Waals surface area contributed by atoms with Gasteiger partial charge in [0.2, 0.25) is 0 Å². The number of aromatic nitrogens is 2. The molecule has 3 nitrogen and oxygen atoms in total. The van der Waals surface area contributed by atoms with Gasteiger partial charge >= 0.3 is 0 Å². The SMILES string of the molecule is CC1CCC(C)C(N)(CCc2cnn(C)c2)C1. The summed E-state index contributed by atoms with van der Waals surface area (Å²) in [6.07, 6.45) is 10.00. The second-order valence-electron chi connectivity index (χ2n) is 6.04. The lowest BCUT2D eigenvalue weighted by molar-refractivity contribution is 0.151. The first-order valence-corrected chi connectivity index (χ1v) is 6.76. The summed E-state index contributed by atoms with van der Waals surface area (Å²) in [6.45, 7) is 4.65. The fraction of sp³-hybridized carbons (Fsp3) is 0.786. The van der Waals surface area contributed by atoms with Crippen molar-refractivity contribution in [2.24, 2.45) is 24.6 Å². The first kappa shape index (κ1) is 12.6. The van der Waals surface area contributed by atoms with Gasteiger partial charge in [-0.1, -0.05) is 20.3 Å². The summed E-state index contributed by atoms with van der Waals surface area (Å²) in [5.74, 6) is 1.43. The summed E-state index contributed by atoms with van der Waals surface area (Å²) in [4.78, 5) is 0. The van der Waals surface area contributed by atoms with Gasteiger partial charge in [0.05, 0.1) is 6.20 Å². The van der Waals surface area contributed by atoms with E-state index in [0.717, 1.165) is 18.8 Å². The van der Waals surface area contributed by atoms with Crippen molar-refractivity contribution in [1.82, 2.24) is 9.78 Å². The van der Waals surface area contributed by atoms with Crippen molar-refractivity contribution in [3.05, 3.63) is 18.0 Å². The van der Waals surface area contributed by atoms with Crippen LogP contribution in [0, 0.1) is 11.8 Å². The average Bonchev–Trinajstić information content (AvgIpc) is 2.68. The highest BCUT2D eigenvalue weighted by Crippen LogP contribution is 2.37. The van der Waals surface area contributed by atoms with Gasteiger partial charge in [-0.15, -0.1) is 0 Å². The van der Waals surface area contributed by atoms with Gasteiger partial charge in [0, 0.05) is 18.8 Å². The Bertz CT molecular complexity index is 371. The molecule has 0 bridgehead atoms. The van der Waals surface area contributed by atoms with Crippen LogP contribution in [0.2, 0.25) is 0 Å². The molecule has 0 aliphatic heterocycles. The summed E-state index contributed by atoms with van der Waals surface area (Å²) >= 11 is 0. The molecule has 1 aromatic heterocycles. The van der Waals surface area contributed by atoms with E-state index in [-0.39, 0.29) is 5.54 Å². The monoisotopic (exact) mass is 235 g/mol. The summed E-state index contributed by atoms with van der Waals surface area (Å²) < 4.78 is 1.87. The number of rotatable bonds is 3. The van der Waals surface area contributed by atoms with Crippen LogP contribution in [0.1, 0.15) is 45.1 Å². The topological polar surface area (TPSA) is 43.8 Å². The van der Waals surface area contributed by atoms with E-state index >= 15 is 0 Å². The quantitative estimate of drug-likeness (QED) is 0.875. The number of hydrogen-bond acceptors (Lipinski definition) is 2. The molecule has 1 aliphatic carbocycles. The largest absolute Gasteiger partial charge is 0.325 e. The van der Waals surface area contributed by atoms with Crippen LogP contribution >= 0.6 is 0 Å². The molecule has 0 radical (unpaired) electrons. The van der Waals surface area contributed by atoms with Gasteiger partial charge in [-0.05, 0) is 43.1 Å². The Morgan fingerprint density at radius 1 is 1.47 bits per heavy atom. The van der Waals surface area contributed by atoms with Crippen LogP contribution in [0.3, 0.4) is 0 Å². The molecule has 1 aromatic rings. The van der Waals surface area contributed by atoms with Crippen molar-refractivity contribution in [3.8, 4) is 0 Å². The Kier molecular flexibility index (Phi) is 3.57. The highest BCUT2D eigenvalue weighted by Gasteiger charge is 2.36. The zero-order chi connectivity index (χ0) is 12.5. The van der Waals surface area contributed by atoms with Crippen LogP contribution in [-0.2, 0) is 13.5 Å². The van der Waals surface area contributed by atoms with E-state index < -0.39 is 0 Å². The predicted molar refractivity (Wildman–Crippen MR) is 70.6 cm³/mol. The third-order valence-corrected chi connectivity index (χ3v) is 4.44. The van der Waals surface area contributed by atoms with E-state index in [4.69, 9.17) is 5.73 Å². The molecule has 17 heavy (non-hydrogen) atoms. The lowest BCUT2D eigenvalue weighted by atomic mass is 9.68. The molecular weight excluding hydrogens is 210 g/mol. The maximum absolute atomic E-state index is 6.62. The zero-order valence-electron chi connectivity index (χ0n) is 11.3. The Morgan fingerprint density at radius 2 is 2.24 bits per heavy atom. The molecule has 0 spiro atoms. The van der Waals surface area contributed by atoms with Gasteiger partial charge in [0.1, 0.15) is 0 Å². The summed E-state index contributed by atoms with van der Waals surface area (Å²) in [7, 11) is 1.97. The second-order valence-corrected chi connectivity index (χ2v) is 6.04. The summed E-state index contributed by atoms with van der Waals surface area (Å²) in [5.41, 5.74) is 7.96. The van der Waals surface area contributed by atoms with Crippen molar-refractivity contribution in [1.29, 1.82) is 0 Å². The summed E-state index contributed by atoms with van der Waals surface area (Å²) in [5, 5.41) is 4.21. The highest BCUT2D eigenvalue weighted by molar-refractivity contribution is 5.06. The van der Waals surface area contributed by atoms with Crippen LogP contribution in [0.25, 0.3) is 0 Å². The molecule has 1 heterocycles. The number of nitrogens with two attached hydrogens (primary N) is 1. The third kappa shape index (κ3) is 2.89. The van der Waals surface area contributed by atoms with E-state index in [1.807, 2.05) is 17.9 Å². The third-order valence-electron chi connectivity index (χ3n) is 4.44. The molecule has 3 heteroatoms. The maximum atomic E-state index is 6.62. The molecule has 0 saturated heterocycles. The van der Waals surface area contributed by atoms with Crippen LogP contribution in [0.15, 0.2) is 12.4 Å². The maximum Gasteiger partial charge on any atom is 0.0521 e. The van der Waals surface area contributed by atoms with Gasteiger partial charge < -0.3 is 5.73 Å². The second kappa shape index (κ2) is 4.81. The predicted octanol–water partition coefficient (Wildman–Crippen LogP) is 2.51. The number of aryl methyl sites for hydroxylation is 2. The minimum Gasteiger partial charge on any atom is -0.325 e. The van der Waals surface area contributed by atoms with Gasteiger partial charge in [0.15, 0.2) is 0 Å². The first-order valence-electron chi connectivity index (χ1n) is 6.76. The van der Waals surface area contributed by atoms with E-state index in [2.05, 4.69) is 25.1 Å². The minimum atomic E-state index is 0.0352. The van der Waals surface area contributed by atoms with Crippen molar-refractivity contribution in [2.75, 3.05) is 0 Å². The lowest BCUT2D eigenvalue weighted by Crippen LogP contribution is -2.50. The van der Waals surface area contributed by atoms with Gasteiger partial charge in [-0.25, -0.2) is 0 Å². The van der Waals surface area contributed by atoms with E-state index in [9.17, 15) is 0 Å². The van der Waals surface area contributed by atoms with E-state index in [0.29, 0.717) is 5.92 Å². The molecule has 3 unspecified atom stereocenters. The average molecular weight is 235 g/mol. The molecule has 3 atom stereocenters. The number of hydrogen-bond donors (Lipinski definition) is 1. The standard InChI is InChI=1S/C14H25N3/c1-11-4-5-12(2)14(15,8-11)7-6-13-9-16-17(3)10-13/h9-12H,4-8,15H2,1-3H3. The highest BCUT2D eigenvalue weighted by atomic mass is 15.2. The van der Waals surface area contributed by atoms with Gasteiger partial charge in [-0.3, -0.25) is 4.68 Å². The van der Waals surface area contributed by atoms with E-state index in [1.54, 1.807) is 0 Å². The molecule has 0 aromatic carbocycles. The molecule has 2 N–H and O–H groups in total. The zero-order valence-corrected chi connectivity index (χ0v) is 11.3. The van der Waals surface area contributed by atoms with Crippen LogP contribution in [0.4, 0.5) is 0 Å². The normalized spacial score (nSPS) is 33.9. The minimum absolute atomic E-state index is 0.0352.